The van der Waals surface area contributed by atoms with Gasteiger partial charge in [-0.15, -0.1) is 0 Å². The van der Waals surface area contributed by atoms with Crippen molar-refractivity contribution in [3.8, 4) is 0 Å². The monoisotopic (exact) mass is 448 g/mol. The lowest BCUT2D eigenvalue weighted by Gasteiger charge is -2.35. The van der Waals surface area contributed by atoms with Gasteiger partial charge in [-0.25, -0.2) is 9.97 Å². The molecule has 128 valence electrons. The normalized spacial score (nSPS) is 15.0. The fourth-order valence-electron chi connectivity index (χ4n) is 3.10. The number of anilines is 1. The summed E-state index contributed by atoms with van der Waals surface area (Å²) in [4.78, 5) is 25.5. The first-order chi connectivity index (χ1) is 12.1. The summed E-state index contributed by atoms with van der Waals surface area (Å²) < 4.78 is 2.88. The number of benzene rings is 1. The first-order valence-corrected chi connectivity index (χ1v) is 9.14. The summed E-state index contributed by atoms with van der Waals surface area (Å²) in [6.45, 7) is 2.85. The van der Waals surface area contributed by atoms with E-state index in [1.807, 2.05) is 36.2 Å². The molecule has 3 heterocycles. The Hall–Kier alpha value is -2.23. The number of hydrogen-bond acceptors (Lipinski definition) is 5. The van der Waals surface area contributed by atoms with E-state index < -0.39 is 0 Å². The number of nitrogens with zero attached hydrogens (tertiary/aromatic N) is 6. The van der Waals surface area contributed by atoms with Gasteiger partial charge in [0.05, 0.1) is 11.6 Å². The van der Waals surface area contributed by atoms with Gasteiger partial charge in [-0.2, -0.15) is 5.10 Å². The van der Waals surface area contributed by atoms with Crippen molar-refractivity contribution in [1.29, 1.82) is 0 Å². The number of rotatable bonds is 2. The summed E-state index contributed by atoms with van der Waals surface area (Å²) in [5, 5.41) is 5.21. The third kappa shape index (κ3) is 3.06. The zero-order valence-electron chi connectivity index (χ0n) is 13.8. The van der Waals surface area contributed by atoms with Gasteiger partial charge in [0.2, 0.25) is 0 Å². The Labute approximate surface area is 158 Å². The van der Waals surface area contributed by atoms with Crippen LogP contribution in [0.5, 0.6) is 0 Å². The van der Waals surface area contributed by atoms with E-state index in [0.29, 0.717) is 13.1 Å². The molecule has 2 aromatic heterocycles. The molecule has 25 heavy (non-hydrogen) atoms. The minimum Gasteiger partial charge on any atom is -0.352 e. The third-order valence-electron chi connectivity index (χ3n) is 4.47. The van der Waals surface area contributed by atoms with Crippen LogP contribution < -0.4 is 4.90 Å². The Morgan fingerprint density at radius 3 is 2.52 bits per heavy atom. The Morgan fingerprint density at radius 2 is 1.80 bits per heavy atom. The average molecular weight is 448 g/mol. The highest BCUT2D eigenvalue weighted by Gasteiger charge is 2.24. The Morgan fingerprint density at radius 1 is 1.08 bits per heavy atom. The van der Waals surface area contributed by atoms with Gasteiger partial charge in [0.15, 0.2) is 5.65 Å². The zero-order valence-corrected chi connectivity index (χ0v) is 15.9. The summed E-state index contributed by atoms with van der Waals surface area (Å²) in [6, 6.07) is 7.70. The second-order valence-electron chi connectivity index (χ2n) is 5.99. The van der Waals surface area contributed by atoms with Crippen LogP contribution in [0.1, 0.15) is 10.4 Å². The molecule has 0 bridgehead atoms. The number of fused-ring (bicyclic) bond motifs is 1. The fourth-order valence-corrected chi connectivity index (χ4v) is 3.46. The predicted octanol–water partition coefficient (Wildman–Crippen LogP) is 1.93. The van der Waals surface area contributed by atoms with Gasteiger partial charge in [0, 0.05) is 42.4 Å². The molecule has 1 fully saturated rings. The van der Waals surface area contributed by atoms with Crippen LogP contribution in [0.2, 0.25) is 0 Å². The molecule has 1 amide bonds. The van der Waals surface area contributed by atoms with Gasteiger partial charge in [-0.1, -0.05) is 0 Å². The number of carbonyl (C=O) groups excluding carboxylic acids is 1. The number of piperazine rings is 1. The second-order valence-corrected chi connectivity index (χ2v) is 7.23. The molecule has 1 aromatic carbocycles. The zero-order chi connectivity index (χ0) is 17.4. The van der Waals surface area contributed by atoms with Gasteiger partial charge >= 0.3 is 0 Å². The van der Waals surface area contributed by atoms with E-state index in [1.54, 1.807) is 17.2 Å². The highest BCUT2D eigenvalue weighted by atomic mass is 127. The number of halogens is 1. The summed E-state index contributed by atoms with van der Waals surface area (Å²) >= 11 is 2.24. The molecule has 1 aliphatic rings. The number of amides is 1. The lowest BCUT2D eigenvalue weighted by Crippen LogP contribution is -2.49. The topological polar surface area (TPSA) is 67.2 Å². The first kappa shape index (κ1) is 16.2. The molecule has 1 aliphatic heterocycles. The van der Waals surface area contributed by atoms with Gasteiger partial charge in [-0.3, -0.25) is 9.48 Å². The van der Waals surface area contributed by atoms with Gasteiger partial charge < -0.3 is 9.80 Å². The Kier molecular flexibility index (Phi) is 4.28. The largest absolute Gasteiger partial charge is 0.352 e. The molecule has 0 radical (unpaired) electrons. The third-order valence-corrected chi connectivity index (χ3v) is 5.19. The van der Waals surface area contributed by atoms with Crippen LogP contribution in [0.3, 0.4) is 0 Å². The lowest BCUT2D eigenvalue weighted by molar-refractivity contribution is 0.0746. The van der Waals surface area contributed by atoms with Crippen molar-refractivity contribution in [3.63, 3.8) is 0 Å². The van der Waals surface area contributed by atoms with Crippen molar-refractivity contribution in [2.45, 2.75) is 0 Å². The van der Waals surface area contributed by atoms with Crippen molar-refractivity contribution in [2.24, 2.45) is 7.05 Å². The van der Waals surface area contributed by atoms with Crippen LogP contribution in [0.4, 0.5) is 5.82 Å². The summed E-state index contributed by atoms with van der Waals surface area (Å²) in [7, 11) is 1.87. The maximum absolute atomic E-state index is 12.6. The van der Waals surface area contributed by atoms with Crippen molar-refractivity contribution < 1.29 is 4.79 Å². The van der Waals surface area contributed by atoms with Gasteiger partial charge in [0.25, 0.3) is 5.91 Å². The van der Waals surface area contributed by atoms with Crippen molar-refractivity contribution >= 4 is 45.3 Å². The molecule has 0 unspecified atom stereocenters. The van der Waals surface area contributed by atoms with E-state index >= 15 is 0 Å². The minimum atomic E-state index is 0.0882. The van der Waals surface area contributed by atoms with Gasteiger partial charge in [-0.05, 0) is 46.9 Å². The molecular formula is C17H17IN6O. The van der Waals surface area contributed by atoms with Crippen molar-refractivity contribution in [1.82, 2.24) is 24.6 Å². The van der Waals surface area contributed by atoms with Crippen molar-refractivity contribution in [2.75, 3.05) is 31.1 Å². The molecule has 1 saturated heterocycles. The standard InChI is InChI=1S/C17H17IN6O/c1-22-15-14(10-21-22)16(20-11-19-15)23-6-8-24(9-7-23)17(25)12-2-4-13(18)5-3-12/h2-5,10-11H,6-9H2,1H3. The van der Waals surface area contributed by atoms with E-state index in [-0.39, 0.29) is 5.91 Å². The van der Waals surface area contributed by atoms with E-state index in [0.717, 1.165) is 39.1 Å². The van der Waals surface area contributed by atoms with Crippen LogP contribution in [0.15, 0.2) is 36.8 Å². The smallest absolute Gasteiger partial charge is 0.253 e. The Balaban J connectivity index is 1.49. The molecule has 4 rings (SSSR count). The average Bonchev–Trinajstić information content (AvgIpc) is 3.03. The maximum atomic E-state index is 12.6. The number of hydrogen-bond donors (Lipinski definition) is 0. The van der Waals surface area contributed by atoms with E-state index in [9.17, 15) is 4.79 Å². The molecule has 0 aliphatic carbocycles. The van der Waals surface area contributed by atoms with Crippen LogP contribution in [-0.4, -0.2) is 56.7 Å². The fraction of sp³-hybridized carbons (Fsp3) is 0.294. The van der Waals surface area contributed by atoms with Crippen LogP contribution in [-0.2, 0) is 7.05 Å². The SMILES string of the molecule is Cn1ncc2c(N3CCN(C(=O)c4ccc(I)cc4)CC3)ncnc21. The summed E-state index contributed by atoms with van der Waals surface area (Å²) in [6.07, 6.45) is 3.37. The van der Waals surface area contributed by atoms with Crippen LogP contribution >= 0.6 is 22.6 Å². The molecule has 0 spiro atoms. The van der Waals surface area contributed by atoms with E-state index in [2.05, 4.69) is 42.6 Å². The molecule has 3 aromatic rings. The summed E-state index contributed by atoms with van der Waals surface area (Å²) in [5.74, 6) is 0.977. The van der Waals surface area contributed by atoms with Crippen LogP contribution in [0.25, 0.3) is 11.0 Å². The molecular weight excluding hydrogens is 431 g/mol. The number of aromatic nitrogens is 4. The first-order valence-electron chi connectivity index (χ1n) is 8.06. The van der Waals surface area contributed by atoms with Gasteiger partial charge in [0.1, 0.15) is 12.1 Å². The highest BCUT2D eigenvalue weighted by molar-refractivity contribution is 14.1. The molecule has 0 saturated carbocycles. The number of aryl methyl sites for hydroxylation is 1. The maximum Gasteiger partial charge on any atom is 0.253 e. The van der Waals surface area contributed by atoms with E-state index in [4.69, 9.17) is 0 Å². The molecule has 0 N–H and O–H groups in total. The quantitative estimate of drug-likeness (QED) is 0.561. The molecule has 8 heteroatoms. The van der Waals surface area contributed by atoms with Crippen LogP contribution in [0, 0.1) is 3.57 Å². The minimum absolute atomic E-state index is 0.0882. The second kappa shape index (κ2) is 6.58. The highest BCUT2D eigenvalue weighted by Crippen LogP contribution is 2.23. The predicted molar refractivity (Wildman–Crippen MR) is 104 cm³/mol. The Bertz CT molecular complexity index is 915. The summed E-state index contributed by atoms with van der Waals surface area (Å²) in [5.41, 5.74) is 1.56. The molecule has 0 atom stereocenters. The van der Waals surface area contributed by atoms with Crippen molar-refractivity contribution in [3.05, 3.63) is 45.9 Å². The van der Waals surface area contributed by atoms with E-state index in [1.165, 1.54) is 0 Å². The number of carbonyl (C=O) groups is 1. The lowest BCUT2D eigenvalue weighted by atomic mass is 10.2. The molecule has 7 nitrogen and oxygen atoms in total.